The summed E-state index contributed by atoms with van der Waals surface area (Å²) in [5.74, 6) is -1.11. The molecule has 0 spiro atoms. The topological polar surface area (TPSA) is 118 Å². The van der Waals surface area contributed by atoms with E-state index in [2.05, 4.69) is 26.3 Å². The molecule has 0 saturated heterocycles. The van der Waals surface area contributed by atoms with Gasteiger partial charge in [0.2, 0.25) is 0 Å². The minimum atomic E-state index is -0.762. The SMILES string of the molecule is COC(=O)c1c(-c2cc(Br)c(OCC(=O)NC3CCCCC3)c(OC)c2)nn(-c2ccccc2)c1C(=O)OC. The van der Waals surface area contributed by atoms with Gasteiger partial charge in [-0.2, -0.15) is 5.10 Å². The van der Waals surface area contributed by atoms with Crippen molar-refractivity contribution in [1.82, 2.24) is 15.1 Å². The van der Waals surface area contributed by atoms with Crippen LogP contribution in [0.15, 0.2) is 46.9 Å². The second kappa shape index (κ2) is 12.8. The van der Waals surface area contributed by atoms with Crippen LogP contribution < -0.4 is 14.8 Å². The number of para-hydroxylation sites is 1. The molecule has 1 aliphatic rings. The van der Waals surface area contributed by atoms with Gasteiger partial charge in [0.15, 0.2) is 23.8 Å². The van der Waals surface area contributed by atoms with E-state index in [0.717, 1.165) is 25.7 Å². The summed E-state index contributed by atoms with van der Waals surface area (Å²) < 4.78 is 23.2. The van der Waals surface area contributed by atoms with Crippen molar-refractivity contribution in [3.63, 3.8) is 0 Å². The number of nitrogens with one attached hydrogen (secondary N) is 1. The maximum absolute atomic E-state index is 12.9. The van der Waals surface area contributed by atoms with Crippen molar-refractivity contribution < 1.29 is 33.3 Å². The molecule has 1 saturated carbocycles. The van der Waals surface area contributed by atoms with Gasteiger partial charge in [-0.1, -0.05) is 37.5 Å². The van der Waals surface area contributed by atoms with Gasteiger partial charge in [0.05, 0.1) is 31.5 Å². The molecule has 4 rings (SSSR count). The van der Waals surface area contributed by atoms with Crippen LogP contribution >= 0.6 is 15.9 Å². The van der Waals surface area contributed by atoms with Crippen LogP contribution in [-0.4, -0.2) is 61.6 Å². The van der Waals surface area contributed by atoms with E-state index in [4.69, 9.17) is 18.9 Å². The fraction of sp³-hybridized carbons (Fsp3) is 0.357. The summed E-state index contributed by atoms with van der Waals surface area (Å²) in [6, 6.07) is 12.3. The highest BCUT2D eigenvalue weighted by molar-refractivity contribution is 9.10. The molecule has 0 bridgehead atoms. The number of hydrogen-bond donors (Lipinski definition) is 1. The van der Waals surface area contributed by atoms with Gasteiger partial charge in [0, 0.05) is 11.6 Å². The molecule has 2 aromatic carbocycles. The molecule has 0 radical (unpaired) electrons. The molecule has 0 unspecified atom stereocenters. The Hall–Kier alpha value is -3.86. The van der Waals surface area contributed by atoms with Gasteiger partial charge >= 0.3 is 11.9 Å². The standard InChI is InChI=1S/C28H30BrN3O7/c1-36-21-15-17(14-20(29)26(21)39-16-22(33)30-18-10-6-4-7-11-18)24-23(27(34)37-2)25(28(35)38-3)32(31-24)19-12-8-5-9-13-19/h5,8-9,12-15,18H,4,6-7,10-11,16H2,1-3H3,(H,30,33). The van der Waals surface area contributed by atoms with Crippen LogP contribution in [0.1, 0.15) is 53.0 Å². The van der Waals surface area contributed by atoms with Crippen molar-refractivity contribution in [2.24, 2.45) is 0 Å². The maximum Gasteiger partial charge on any atom is 0.357 e. The average Bonchev–Trinajstić information content (AvgIpc) is 3.37. The molecule has 1 amide bonds. The van der Waals surface area contributed by atoms with Crippen molar-refractivity contribution in [2.75, 3.05) is 27.9 Å². The number of aromatic nitrogens is 2. The van der Waals surface area contributed by atoms with E-state index in [-0.39, 0.29) is 35.5 Å². The normalized spacial score (nSPS) is 13.4. The van der Waals surface area contributed by atoms with Gasteiger partial charge in [-0.05, 0) is 53.0 Å². The molecule has 0 atom stereocenters. The van der Waals surface area contributed by atoms with E-state index in [0.29, 0.717) is 27.2 Å². The van der Waals surface area contributed by atoms with Crippen LogP contribution in [0.25, 0.3) is 16.9 Å². The van der Waals surface area contributed by atoms with Gasteiger partial charge in [-0.3, -0.25) is 4.79 Å². The van der Waals surface area contributed by atoms with E-state index >= 15 is 0 Å². The van der Waals surface area contributed by atoms with Gasteiger partial charge in [0.25, 0.3) is 5.91 Å². The molecule has 39 heavy (non-hydrogen) atoms. The van der Waals surface area contributed by atoms with Gasteiger partial charge in [0.1, 0.15) is 11.3 Å². The Bertz CT molecular complexity index is 1350. The molecular formula is C28H30BrN3O7. The Labute approximate surface area is 234 Å². The zero-order valence-corrected chi connectivity index (χ0v) is 23.6. The number of nitrogens with zero attached hydrogens (tertiary/aromatic N) is 2. The molecule has 1 aliphatic carbocycles. The van der Waals surface area contributed by atoms with Gasteiger partial charge < -0.3 is 24.3 Å². The molecule has 11 heteroatoms. The van der Waals surface area contributed by atoms with Crippen LogP contribution in [0, 0.1) is 0 Å². The first-order valence-corrected chi connectivity index (χ1v) is 13.3. The summed E-state index contributed by atoms with van der Waals surface area (Å²) >= 11 is 3.50. The number of benzene rings is 2. The summed E-state index contributed by atoms with van der Waals surface area (Å²) in [4.78, 5) is 38.3. The number of rotatable bonds is 9. The van der Waals surface area contributed by atoms with Crippen LogP contribution in [-0.2, 0) is 14.3 Å². The third kappa shape index (κ3) is 6.25. The quantitative estimate of drug-likeness (QED) is 0.351. The smallest absolute Gasteiger partial charge is 0.357 e. The highest BCUT2D eigenvalue weighted by Crippen LogP contribution is 2.41. The molecule has 1 heterocycles. The van der Waals surface area contributed by atoms with E-state index in [1.165, 1.54) is 32.4 Å². The zero-order chi connectivity index (χ0) is 27.9. The number of hydrogen-bond acceptors (Lipinski definition) is 8. The Morgan fingerprint density at radius 2 is 1.69 bits per heavy atom. The second-order valence-electron chi connectivity index (χ2n) is 8.98. The van der Waals surface area contributed by atoms with Crippen molar-refractivity contribution in [2.45, 2.75) is 38.1 Å². The molecule has 1 N–H and O–H groups in total. The Morgan fingerprint density at radius 1 is 1.00 bits per heavy atom. The van der Waals surface area contributed by atoms with Crippen molar-refractivity contribution in [3.05, 3.63) is 58.2 Å². The summed E-state index contributed by atoms with van der Waals surface area (Å²) in [5, 5.41) is 7.63. The maximum atomic E-state index is 12.9. The lowest BCUT2D eigenvalue weighted by molar-refractivity contribution is -0.124. The molecular weight excluding hydrogens is 570 g/mol. The zero-order valence-electron chi connectivity index (χ0n) is 22.0. The molecule has 0 aliphatic heterocycles. The summed E-state index contributed by atoms with van der Waals surface area (Å²) in [6.45, 7) is -0.187. The fourth-order valence-corrected chi connectivity index (χ4v) is 5.16. The largest absolute Gasteiger partial charge is 0.493 e. The number of carbonyl (C=O) groups excluding carboxylic acids is 3. The average molecular weight is 600 g/mol. The molecule has 206 valence electrons. The Balaban J connectivity index is 1.72. The summed E-state index contributed by atoms with van der Waals surface area (Å²) in [5.41, 5.74) is 1.01. The van der Waals surface area contributed by atoms with Crippen LogP contribution in [0.5, 0.6) is 11.5 Å². The first-order valence-electron chi connectivity index (χ1n) is 12.5. The predicted octanol–water partition coefficient (Wildman–Crippen LogP) is 4.71. The minimum Gasteiger partial charge on any atom is -0.493 e. The number of esters is 2. The summed E-state index contributed by atoms with van der Waals surface area (Å²) in [6.07, 6.45) is 5.36. The summed E-state index contributed by atoms with van der Waals surface area (Å²) in [7, 11) is 3.91. The Morgan fingerprint density at radius 3 is 2.33 bits per heavy atom. The van der Waals surface area contributed by atoms with Crippen LogP contribution in [0.2, 0.25) is 0 Å². The number of carbonyl (C=O) groups is 3. The van der Waals surface area contributed by atoms with Crippen LogP contribution in [0.3, 0.4) is 0 Å². The molecule has 3 aromatic rings. The third-order valence-corrected chi connectivity index (χ3v) is 7.06. The van der Waals surface area contributed by atoms with E-state index < -0.39 is 11.9 Å². The lowest BCUT2D eigenvalue weighted by Gasteiger charge is -2.23. The Kier molecular flexibility index (Phi) is 9.23. The monoisotopic (exact) mass is 599 g/mol. The molecule has 10 nitrogen and oxygen atoms in total. The lowest BCUT2D eigenvalue weighted by Crippen LogP contribution is -2.39. The molecule has 1 fully saturated rings. The van der Waals surface area contributed by atoms with E-state index in [9.17, 15) is 14.4 Å². The van der Waals surface area contributed by atoms with Gasteiger partial charge in [-0.15, -0.1) is 0 Å². The van der Waals surface area contributed by atoms with E-state index in [1.54, 1.807) is 36.4 Å². The second-order valence-corrected chi connectivity index (χ2v) is 9.84. The first-order chi connectivity index (χ1) is 18.9. The predicted molar refractivity (Wildman–Crippen MR) is 146 cm³/mol. The minimum absolute atomic E-state index is 0.0670. The van der Waals surface area contributed by atoms with Gasteiger partial charge in [-0.25, -0.2) is 14.3 Å². The van der Waals surface area contributed by atoms with Crippen molar-refractivity contribution in [1.29, 1.82) is 0 Å². The number of halogens is 1. The number of ether oxygens (including phenoxy) is 4. The highest BCUT2D eigenvalue weighted by Gasteiger charge is 2.32. The fourth-order valence-electron chi connectivity index (χ4n) is 4.61. The number of methoxy groups -OCH3 is 3. The van der Waals surface area contributed by atoms with E-state index in [1.807, 2.05) is 6.07 Å². The van der Waals surface area contributed by atoms with Crippen molar-refractivity contribution >= 4 is 33.8 Å². The van der Waals surface area contributed by atoms with Crippen LogP contribution in [0.4, 0.5) is 0 Å². The third-order valence-electron chi connectivity index (χ3n) is 6.48. The first kappa shape index (κ1) is 28.2. The number of amides is 1. The highest BCUT2D eigenvalue weighted by atomic mass is 79.9. The lowest BCUT2D eigenvalue weighted by atomic mass is 9.95. The van der Waals surface area contributed by atoms with Crippen molar-refractivity contribution in [3.8, 4) is 28.4 Å². The molecule has 1 aromatic heterocycles.